The summed E-state index contributed by atoms with van der Waals surface area (Å²) in [5.41, 5.74) is 2.75. The fourth-order valence-corrected chi connectivity index (χ4v) is 1.80. The minimum absolute atomic E-state index is 0.408. The van der Waals surface area contributed by atoms with Gasteiger partial charge in [-0.2, -0.15) is 0 Å². The van der Waals surface area contributed by atoms with Crippen LogP contribution in [0, 0.1) is 20.8 Å². The number of carbonyl (C=O) groups is 1. The van der Waals surface area contributed by atoms with Crippen LogP contribution in [0.15, 0.2) is 43.0 Å². The van der Waals surface area contributed by atoms with Gasteiger partial charge >= 0.3 is 5.97 Å². The molecule has 0 unspecified atom stereocenters. The zero-order chi connectivity index (χ0) is 15.1. The fourth-order valence-electron chi connectivity index (χ4n) is 1.80. The van der Waals surface area contributed by atoms with E-state index in [1.54, 1.807) is 31.4 Å². The van der Waals surface area contributed by atoms with Gasteiger partial charge in [0.15, 0.2) is 0 Å². The van der Waals surface area contributed by atoms with Gasteiger partial charge < -0.3 is 9.47 Å². The highest BCUT2D eigenvalue weighted by Gasteiger charge is 2.13. The Morgan fingerprint density at radius 2 is 1.85 bits per heavy atom. The molecule has 0 aromatic heterocycles. The van der Waals surface area contributed by atoms with E-state index in [1.807, 2.05) is 26.8 Å². The van der Waals surface area contributed by atoms with E-state index < -0.39 is 5.97 Å². The Balaban J connectivity index is 2.96. The Bertz CT molecular complexity index is 566. The highest BCUT2D eigenvalue weighted by molar-refractivity contribution is 5.85. The monoisotopic (exact) mass is 272 g/mol. The number of hydrogen-bond acceptors (Lipinski definition) is 3. The second-order valence-electron chi connectivity index (χ2n) is 4.38. The van der Waals surface area contributed by atoms with E-state index in [1.165, 1.54) is 6.08 Å². The lowest BCUT2D eigenvalue weighted by Crippen LogP contribution is -2.07. The van der Waals surface area contributed by atoms with Gasteiger partial charge in [0.2, 0.25) is 0 Å². The lowest BCUT2D eigenvalue weighted by atomic mass is 10.0. The summed E-state index contributed by atoms with van der Waals surface area (Å²) >= 11 is 0. The first kappa shape index (κ1) is 15.8. The molecule has 1 aromatic rings. The topological polar surface area (TPSA) is 35.5 Å². The van der Waals surface area contributed by atoms with Crippen LogP contribution in [0.2, 0.25) is 0 Å². The fraction of sp³-hybridized carbons (Fsp3) is 0.235. The Hall–Kier alpha value is -2.29. The summed E-state index contributed by atoms with van der Waals surface area (Å²) in [7, 11) is 1.63. The molecule has 0 atom stereocenters. The van der Waals surface area contributed by atoms with Crippen molar-refractivity contribution >= 4 is 5.97 Å². The summed E-state index contributed by atoms with van der Waals surface area (Å²) in [6, 6.07) is 1.87. The molecule has 0 aliphatic rings. The molecule has 0 N–H and O–H groups in total. The molecule has 0 aliphatic carbocycles. The summed E-state index contributed by atoms with van der Waals surface area (Å²) < 4.78 is 10.7. The van der Waals surface area contributed by atoms with Gasteiger partial charge in [0.05, 0.1) is 7.11 Å². The molecule has 3 nitrogen and oxygen atoms in total. The summed E-state index contributed by atoms with van der Waals surface area (Å²) in [4.78, 5) is 11.7. The van der Waals surface area contributed by atoms with Gasteiger partial charge in [0.1, 0.15) is 11.5 Å². The van der Waals surface area contributed by atoms with Crippen molar-refractivity contribution in [1.82, 2.24) is 0 Å². The van der Waals surface area contributed by atoms with Crippen molar-refractivity contribution in [3.05, 3.63) is 59.7 Å². The average Bonchev–Trinajstić information content (AvgIpc) is 2.43. The van der Waals surface area contributed by atoms with Gasteiger partial charge in [-0.05, 0) is 43.5 Å². The molecular formula is C17H20O3. The lowest BCUT2D eigenvalue weighted by molar-refractivity contribution is -0.129. The van der Waals surface area contributed by atoms with E-state index in [-0.39, 0.29) is 0 Å². The number of allylic oxidation sites excluding steroid dienone is 4. The zero-order valence-corrected chi connectivity index (χ0v) is 12.4. The maximum Gasteiger partial charge on any atom is 0.336 e. The van der Waals surface area contributed by atoms with Crippen LogP contribution in [-0.2, 0) is 4.79 Å². The number of aryl methyl sites for hydroxylation is 1. The lowest BCUT2D eigenvalue weighted by Gasteiger charge is -2.14. The van der Waals surface area contributed by atoms with E-state index in [4.69, 9.17) is 9.47 Å². The van der Waals surface area contributed by atoms with Crippen LogP contribution >= 0.6 is 0 Å². The third-order valence-electron chi connectivity index (χ3n) is 2.99. The average molecular weight is 272 g/mol. The number of ether oxygens (including phenoxy) is 2. The normalized spacial score (nSPS) is 11.0. The number of carbonyl (C=O) groups excluding carboxylic acids is 1. The van der Waals surface area contributed by atoms with Crippen LogP contribution in [0.4, 0.5) is 0 Å². The number of benzene rings is 1. The number of hydrogen-bond donors (Lipinski definition) is 0. The van der Waals surface area contributed by atoms with Gasteiger partial charge in [-0.1, -0.05) is 30.9 Å². The Morgan fingerprint density at radius 1 is 1.15 bits per heavy atom. The Labute approximate surface area is 120 Å². The third kappa shape index (κ3) is 3.85. The van der Waals surface area contributed by atoms with Crippen molar-refractivity contribution in [3.63, 3.8) is 0 Å². The zero-order valence-electron chi connectivity index (χ0n) is 12.4. The van der Waals surface area contributed by atoms with Crippen molar-refractivity contribution in [3.8, 4) is 11.5 Å². The highest BCUT2D eigenvalue weighted by Crippen LogP contribution is 2.32. The van der Waals surface area contributed by atoms with E-state index in [9.17, 15) is 4.79 Å². The molecule has 0 radical (unpaired) electrons. The number of methoxy groups -OCH3 is 1. The molecule has 0 aliphatic heterocycles. The van der Waals surface area contributed by atoms with Crippen molar-refractivity contribution in [2.24, 2.45) is 0 Å². The first-order chi connectivity index (χ1) is 9.51. The molecule has 0 amide bonds. The summed E-state index contributed by atoms with van der Waals surface area (Å²) in [6.45, 7) is 9.28. The van der Waals surface area contributed by atoms with E-state index >= 15 is 0 Å². The molecule has 0 fully saturated rings. The molecule has 0 spiro atoms. The first-order valence-corrected chi connectivity index (χ1v) is 6.33. The molecule has 0 bridgehead atoms. The van der Waals surface area contributed by atoms with Gasteiger partial charge in [0.25, 0.3) is 0 Å². The van der Waals surface area contributed by atoms with E-state index in [0.29, 0.717) is 5.75 Å². The van der Waals surface area contributed by atoms with Crippen LogP contribution in [0.3, 0.4) is 0 Å². The summed E-state index contributed by atoms with van der Waals surface area (Å²) in [6.07, 6.45) is 8.07. The SMILES string of the molecule is C=CC=CC=CC(=O)Oc1c(C)cc(OC)c(C)c1C. The van der Waals surface area contributed by atoms with Gasteiger partial charge in [-0.15, -0.1) is 0 Å². The second-order valence-corrected chi connectivity index (χ2v) is 4.38. The summed E-state index contributed by atoms with van der Waals surface area (Å²) in [5, 5.41) is 0. The van der Waals surface area contributed by atoms with Gasteiger partial charge in [0, 0.05) is 6.08 Å². The maximum atomic E-state index is 11.7. The minimum Gasteiger partial charge on any atom is -0.496 e. The largest absolute Gasteiger partial charge is 0.496 e. The molecule has 1 rings (SSSR count). The number of rotatable bonds is 5. The van der Waals surface area contributed by atoms with Crippen molar-refractivity contribution < 1.29 is 14.3 Å². The molecule has 0 heterocycles. The molecule has 106 valence electrons. The molecule has 0 saturated heterocycles. The van der Waals surface area contributed by atoms with Crippen LogP contribution in [-0.4, -0.2) is 13.1 Å². The van der Waals surface area contributed by atoms with E-state index in [0.717, 1.165) is 22.4 Å². The third-order valence-corrected chi connectivity index (χ3v) is 2.99. The van der Waals surface area contributed by atoms with Crippen molar-refractivity contribution in [2.45, 2.75) is 20.8 Å². The first-order valence-electron chi connectivity index (χ1n) is 6.33. The Morgan fingerprint density at radius 3 is 2.45 bits per heavy atom. The van der Waals surface area contributed by atoms with Crippen molar-refractivity contribution in [1.29, 1.82) is 0 Å². The molecule has 20 heavy (non-hydrogen) atoms. The van der Waals surface area contributed by atoms with Crippen LogP contribution in [0.1, 0.15) is 16.7 Å². The van der Waals surface area contributed by atoms with Crippen LogP contribution in [0.25, 0.3) is 0 Å². The predicted molar refractivity (Wildman–Crippen MR) is 81.3 cm³/mol. The van der Waals surface area contributed by atoms with Crippen LogP contribution in [0.5, 0.6) is 11.5 Å². The summed E-state index contributed by atoms with van der Waals surface area (Å²) in [5.74, 6) is 0.976. The Kier molecular flexibility index (Phi) is 5.78. The predicted octanol–water partition coefficient (Wildman–Crippen LogP) is 3.82. The van der Waals surface area contributed by atoms with Gasteiger partial charge in [-0.3, -0.25) is 0 Å². The highest BCUT2D eigenvalue weighted by atomic mass is 16.5. The molecular weight excluding hydrogens is 252 g/mol. The minimum atomic E-state index is -0.408. The molecule has 3 heteroatoms. The smallest absolute Gasteiger partial charge is 0.336 e. The van der Waals surface area contributed by atoms with Crippen LogP contribution < -0.4 is 9.47 Å². The number of esters is 1. The maximum absolute atomic E-state index is 11.7. The van der Waals surface area contributed by atoms with Crippen molar-refractivity contribution in [2.75, 3.05) is 7.11 Å². The van der Waals surface area contributed by atoms with Gasteiger partial charge in [-0.25, -0.2) is 4.79 Å². The standard InChI is InChI=1S/C17H20O3/c1-6-7-8-9-10-16(18)20-17-12(2)11-15(19-5)13(3)14(17)4/h6-11H,1H2,2-5H3. The second kappa shape index (κ2) is 7.34. The molecule has 1 aromatic carbocycles. The molecule has 0 saturated carbocycles. The quantitative estimate of drug-likeness (QED) is 0.354. The van der Waals surface area contributed by atoms with E-state index in [2.05, 4.69) is 6.58 Å².